The topological polar surface area (TPSA) is 52.6 Å². The Labute approximate surface area is 376 Å². The second kappa shape index (κ2) is 21.0. The summed E-state index contributed by atoms with van der Waals surface area (Å²) in [6, 6.07) is 23.7. The van der Waals surface area contributed by atoms with Crippen LogP contribution in [0.4, 0.5) is 0 Å². The third-order valence-electron chi connectivity index (χ3n) is 17.1. The second-order valence-corrected chi connectivity index (χ2v) is 34.2. The van der Waals surface area contributed by atoms with Crippen molar-refractivity contribution in [3.05, 3.63) is 84.5 Å². The average molecular weight is 887 g/mol. The smallest absolute Gasteiger partial charge is 0.192 e. The summed E-state index contributed by atoms with van der Waals surface area (Å²) in [4.78, 5) is 12.5. The van der Waals surface area contributed by atoms with Gasteiger partial charge in [0.25, 0.3) is 0 Å². The standard InChI is InChI=1S/C28H39O2PSi.C26H48O2Si/c1-22-20-24(21-27(23(22)2)30-32(6,7)28(3,4)5)18-19-31(29,25-14-10-8-11-15-25)26-16-12-9-13-17-26;1-6-29(7-2,8-3)28-26(18-9-10-19-26)20-11-13-21(4)22-15-16-23-24(27)14-12-17-25(22,23)5/h8-18,22,27H,2,19-21H2,1,3-7H3;21-23H,6-20H2,1-5H3/b24-18+;/t22-,27-;21-,22?,23-,25+/m10/s1. The Morgan fingerprint density at radius 3 is 2.00 bits per heavy atom. The molecular formula is C54H87O4PSi2. The lowest BCUT2D eigenvalue weighted by Gasteiger charge is -2.43. The van der Waals surface area contributed by atoms with Crippen LogP contribution in [0.5, 0.6) is 0 Å². The molecule has 0 saturated heterocycles. The maximum Gasteiger partial charge on any atom is 0.192 e. The largest absolute Gasteiger partial charge is 0.411 e. The Hall–Kier alpha value is -1.83. The molecule has 4 fully saturated rings. The van der Waals surface area contributed by atoms with Gasteiger partial charge in [0.2, 0.25) is 0 Å². The van der Waals surface area contributed by atoms with Crippen LogP contribution < -0.4 is 10.6 Å². The minimum Gasteiger partial charge on any atom is -0.411 e. The van der Waals surface area contributed by atoms with Gasteiger partial charge in [0, 0.05) is 29.1 Å². The lowest BCUT2D eigenvalue weighted by Crippen LogP contribution is -2.46. The highest BCUT2D eigenvalue weighted by atomic mass is 31.2. The maximum atomic E-state index is 14.4. The molecular weight excluding hydrogens is 800 g/mol. The minimum atomic E-state index is -2.74. The third-order valence-corrected chi connectivity index (χ3v) is 29.3. The molecule has 0 amide bonds. The zero-order valence-corrected chi connectivity index (χ0v) is 43.6. The number of benzene rings is 2. The Balaban J connectivity index is 0.000000232. The third kappa shape index (κ3) is 11.7. The summed E-state index contributed by atoms with van der Waals surface area (Å²) in [5, 5.41) is 2.00. The lowest BCUT2D eigenvalue weighted by molar-refractivity contribution is -0.130. The Morgan fingerprint density at radius 2 is 1.46 bits per heavy atom. The highest BCUT2D eigenvalue weighted by Crippen LogP contribution is 2.57. The van der Waals surface area contributed by atoms with Crippen LogP contribution in [0.15, 0.2) is 84.5 Å². The Kier molecular flexibility index (Phi) is 17.3. The SMILES string of the molecule is C=C1[C@H](C)C/C(=C\CP(=O)(c2ccccc2)c2ccccc2)C[C@H]1O[Si](C)(C)C(C)(C)C.CC[Si](CC)(CC)OC1(CCC[C@H](C)C2CC[C@H]3C(=O)CCC[C@]23C)CCCC1. The average Bonchev–Trinajstić information content (AvgIpc) is 3.86. The van der Waals surface area contributed by atoms with E-state index in [1.54, 1.807) is 0 Å². The summed E-state index contributed by atoms with van der Waals surface area (Å²) in [6.07, 6.45) is 19.6. The fourth-order valence-corrected chi connectivity index (χ4v) is 18.8. The molecule has 0 spiro atoms. The van der Waals surface area contributed by atoms with E-state index in [9.17, 15) is 9.36 Å². The van der Waals surface area contributed by atoms with Gasteiger partial charge in [0.1, 0.15) is 12.9 Å². The molecule has 340 valence electrons. The molecule has 61 heavy (non-hydrogen) atoms. The highest BCUT2D eigenvalue weighted by molar-refractivity contribution is 7.78. The first-order valence-corrected chi connectivity index (χ1v) is 32.1. The molecule has 0 aliphatic heterocycles. The lowest BCUT2D eigenvalue weighted by atomic mass is 9.62. The molecule has 0 radical (unpaired) electrons. The van der Waals surface area contributed by atoms with Crippen LogP contribution in [0.25, 0.3) is 0 Å². The number of carbonyl (C=O) groups is 1. The Morgan fingerprint density at radius 1 is 0.885 bits per heavy atom. The maximum absolute atomic E-state index is 14.4. The van der Waals surface area contributed by atoms with E-state index in [-0.39, 0.29) is 16.7 Å². The molecule has 6 rings (SSSR count). The van der Waals surface area contributed by atoms with Gasteiger partial charge < -0.3 is 13.4 Å². The number of hydrogen-bond acceptors (Lipinski definition) is 4. The van der Waals surface area contributed by atoms with E-state index in [1.165, 1.54) is 87.1 Å². The Bertz CT molecular complexity index is 1750. The first kappa shape index (κ1) is 50.2. The number of ketones is 1. The van der Waals surface area contributed by atoms with Crippen molar-refractivity contribution in [2.24, 2.45) is 29.1 Å². The van der Waals surface area contributed by atoms with Crippen LogP contribution in [0.1, 0.15) is 152 Å². The molecule has 4 aliphatic rings. The number of carbonyl (C=O) groups excluding carboxylic acids is 1. The van der Waals surface area contributed by atoms with Crippen molar-refractivity contribution in [1.29, 1.82) is 0 Å². The quantitative estimate of drug-likeness (QED) is 0.0957. The van der Waals surface area contributed by atoms with Gasteiger partial charge in [-0.1, -0.05) is 167 Å². The second-order valence-electron chi connectivity index (χ2n) is 21.9. The molecule has 0 heterocycles. The van der Waals surface area contributed by atoms with Gasteiger partial charge in [0.05, 0.1) is 11.7 Å². The van der Waals surface area contributed by atoms with Crippen molar-refractivity contribution in [2.45, 2.75) is 200 Å². The van der Waals surface area contributed by atoms with Gasteiger partial charge in [-0.3, -0.25) is 4.79 Å². The zero-order chi connectivity index (χ0) is 44.7. The molecule has 7 heteroatoms. The number of Topliss-reactive ketones (excluding diaryl/α,β-unsaturated/α-hetero) is 1. The summed E-state index contributed by atoms with van der Waals surface area (Å²) in [6.45, 7) is 30.1. The van der Waals surface area contributed by atoms with Crippen LogP contribution in [0.2, 0.25) is 36.3 Å². The van der Waals surface area contributed by atoms with Gasteiger partial charge in [-0.05, 0) is 123 Å². The van der Waals surface area contributed by atoms with Crippen molar-refractivity contribution in [3.63, 3.8) is 0 Å². The summed E-state index contributed by atoms with van der Waals surface area (Å²) >= 11 is 0. The van der Waals surface area contributed by atoms with Crippen LogP contribution in [-0.4, -0.2) is 40.3 Å². The fraction of sp³-hybridized carbons (Fsp3) is 0.685. The van der Waals surface area contributed by atoms with Gasteiger partial charge in [-0.25, -0.2) is 0 Å². The van der Waals surface area contributed by atoms with Crippen molar-refractivity contribution >= 4 is 40.2 Å². The monoisotopic (exact) mass is 887 g/mol. The zero-order valence-electron chi connectivity index (χ0n) is 40.8. The first-order chi connectivity index (χ1) is 28.8. The van der Waals surface area contributed by atoms with Crippen LogP contribution >= 0.6 is 7.14 Å². The molecule has 1 unspecified atom stereocenters. The first-order valence-electron chi connectivity index (χ1n) is 24.7. The van der Waals surface area contributed by atoms with Crippen molar-refractivity contribution in [3.8, 4) is 0 Å². The van der Waals surface area contributed by atoms with Gasteiger partial charge >= 0.3 is 0 Å². The van der Waals surface area contributed by atoms with Crippen molar-refractivity contribution in [1.82, 2.24) is 0 Å². The van der Waals surface area contributed by atoms with Gasteiger partial charge in [0.15, 0.2) is 16.6 Å². The van der Waals surface area contributed by atoms with Crippen LogP contribution in [0, 0.1) is 29.1 Å². The number of fused-ring (bicyclic) bond motifs is 1. The van der Waals surface area contributed by atoms with E-state index in [2.05, 4.69) is 88.1 Å². The molecule has 6 atom stereocenters. The summed E-state index contributed by atoms with van der Waals surface area (Å²) < 4.78 is 28.3. The van der Waals surface area contributed by atoms with E-state index in [1.807, 2.05) is 60.7 Å². The normalized spacial score (nSPS) is 27.1. The van der Waals surface area contributed by atoms with E-state index in [4.69, 9.17) is 8.85 Å². The molecule has 0 N–H and O–H groups in total. The van der Waals surface area contributed by atoms with Crippen molar-refractivity contribution in [2.75, 3.05) is 6.16 Å². The number of allylic oxidation sites excluding steroid dienone is 1. The number of hydrogen-bond donors (Lipinski definition) is 0. The summed E-state index contributed by atoms with van der Waals surface area (Å²) in [7, 11) is -6.18. The molecule has 4 aliphatic carbocycles. The number of rotatable bonds is 16. The molecule has 2 aromatic rings. The van der Waals surface area contributed by atoms with E-state index in [0.29, 0.717) is 29.2 Å². The predicted octanol–water partition coefficient (Wildman–Crippen LogP) is 15.2. The van der Waals surface area contributed by atoms with Gasteiger partial charge in [-0.2, -0.15) is 0 Å². The summed E-state index contributed by atoms with van der Waals surface area (Å²) in [5.41, 5.74) is 3.06. The predicted molar refractivity (Wildman–Crippen MR) is 268 cm³/mol. The van der Waals surface area contributed by atoms with Crippen molar-refractivity contribution < 1.29 is 18.2 Å². The molecule has 0 aromatic heterocycles. The van der Waals surface area contributed by atoms with E-state index in [0.717, 1.165) is 54.5 Å². The van der Waals surface area contributed by atoms with E-state index < -0.39 is 23.8 Å². The highest BCUT2D eigenvalue weighted by Gasteiger charge is 2.52. The van der Waals surface area contributed by atoms with Crippen LogP contribution in [0.3, 0.4) is 0 Å². The fourth-order valence-electron chi connectivity index (χ4n) is 11.8. The molecule has 2 aromatic carbocycles. The molecule has 4 nitrogen and oxygen atoms in total. The molecule has 4 saturated carbocycles. The van der Waals surface area contributed by atoms with E-state index >= 15 is 0 Å². The van der Waals surface area contributed by atoms with Gasteiger partial charge in [-0.15, -0.1) is 0 Å². The minimum absolute atomic E-state index is 0.0544. The van der Waals surface area contributed by atoms with Crippen LogP contribution in [-0.2, 0) is 18.2 Å². The summed E-state index contributed by atoms with van der Waals surface area (Å²) in [5.74, 6) is 2.83. The molecule has 0 bridgehead atoms.